The van der Waals surface area contributed by atoms with E-state index in [-0.39, 0.29) is 11.9 Å². The molecule has 4 heterocycles. The Balaban J connectivity index is 1.09. The van der Waals surface area contributed by atoms with Crippen molar-refractivity contribution in [2.24, 2.45) is 18.4 Å². The van der Waals surface area contributed by atoms with Crippen molar-refractivity contribution in [1.29, 1.82) is 0 Å². The summed E-state index contributed by atoms with van der Waals surface area (Å²) in [6, 6.07) is 1.99. The zero-order valence-corrected chi connectivity index (χ0v) is 16.7. The van der Waals surface area contributed by atoms with Crippen LogP contribution < -0.4 is 5.32 Å². The van der Waals surface area contributed by atoms with Crippen molar-refractivity contribution in [3.63, 3.8) is 0 Å². The minimum absolute atomic E-state index is 0.00689. The van der Waals surface area contributed by atoms with Crippen LogP contribution in [0.25, 0.3) is 0 Å². The molecule has 2 aliphatic heterocycles. The molecule has 2 aromatic rings. The highest BCUT2D eigenvalue weighted by Crippen LogP contribution is 2.59. The predicted octanol–water partition coefficient (Wildman–Crippen LogP) is 1.78. The Labute approximate surface area is 169 Å². The minimum Gasteiger partial charge on any atom is -0.339 e. The van der Waals surface area contributed by atoms with Gasteiger partial charge in [0, 0.05) is 58.4 Å². The van der Waals surface area contributed by atoms with Crippen molar-refractivity contribution >= 4 is 11.9 Å². The lowest BCUT2D eigenvalue weighted by Crippen LogP contribution is -2.41. The number of aromatic nitrogens is 3. The zero-order valence-electron chi connectivity index (χ0n) is 16.7. The molecule has 0 bridgehead atoms. The van der Waals surface area contributed by atoms with E-state index in [9.17, 15) is 9.59 Å². The minimum atomic E-state index is 0.00689. The molecule has 1 saturated carbocycles. The van der Waals surface area contributed by atoms with Crippen LogP contribution in [0.2, 0.25) is 0 Å². The Morgan fingerprint density at radius 3 is 2.69 bits per heavy atom. The summed E-state index contributed by atoms with van der Waals surface area (Å²) in [7, 11) is 1.82. The molecule has 1 spiro atoms. The summed E-state index contributed by atoms with van der Waals surface area (Å²) >= 11 is 0. The van der Waals surface area contributed by atoms with Crippen molar-refractivity contribution in [2.45, 2.75) is 32.4 Å². The molecule has 8 nitrogen and oxygen atoms in total. The van der Waals surface area contributed by atoms with Gasteiger partial charge in [0.05, 0.1) is 11.8 Å². The summed E-state index contributed by atoms with van der Waals surface area (Å²) in [5.74, 6) is 0.593. The highest BCUT2D eigenvalue weighted by Gasteiger charge is 2.54. The summed E-state index contributed by atoms with van der Waals surface area (Å²) < 4.78 is 1.66. The first kappa shape index (κ1) is 18.1. The Morgan fingerprint density at radius 1 is 1.17 bits per heavy atom. The molecule has 2 aromatic heterocycles. The molecule has 0 aromatic carbocycles. The third kappa shape index (κ3) is 3.36. The standard InChI is InChI=1S/C21H26N6O2/c1-25-12-17(10-24-25)19(28)26-6-3-21(4-7-26)8-18(21)11-23-20(29)27-13-15-2-5-22-9-16(15)14-27/h2,5,9-10,12,18H,3-4,6-8,11,13-14H2,1H3,(H,23,29). The average molecular weight is 394 g/mol. The Morgan fingerprint density at radius 2 is 1.97 bits per heavy atom. The van der Waals surface area contributed by atoms with Gasteiger partial charge in [-0.25, -0.2) is 4.79 Å². The molecule has 8 heteroatoms. The van der Waals surface area contributed by atoms with Crippen LogP contribution in [0.5, 0.6) is 0 Å². The first-order valence-electron chi connectivity index (χ1n) is 10.3. The molecule has 29 heavy (non-hydrogen) atoms. The van der Waals surface area contributed by atoms with Crippen molar-refractivity contribution in [3.8, 4) is 0 Å². The lowest BCUT2D eigenvalue weighted by Gasteiger charge is -2.33. The Kier molecular flexibility index (Phi) is 4.29. The largest absolute Gasteiger partial charge is 0.339 e. The number of rotatable bonds is 3. The normalized spacial score (nSPS) is 21.9. The maximum atomic E-state index is 12.6. The lowest BCUT2D eigenvalue weighted by molar-refractivity contribution is 0.0669. The van der Waals surface area contributed by atoms with Gasteiger partial charge in [0.2, 0.25) is 0 Å². The second kappa shape index (κ2) is 6.86. The Bertz CT molecular complexity index is 921. The zero-order chi connectivity index (χ0) is 20.0. The lowest BCUT2D eigenvalue weighted by atomic mass is 9.90. The summed E-state index contributed by atoms with van der Waals surface area (Å²) in [6.45, 7) is 3.58. The van der Waals surface area contributed by atoms with Crippen LogP contribution in [0.4, 0.5) is 4.79 Å². The molecule has 5 rings (SSSR count). The molecular weight excluding hydrogens is 368 g/mol. The molecule has 152 valence electrons. The molecule has 0 radical (unpaired) electrons. The van der Waals surface area contributed by atoms with Gasteiger partial charge >= 0.3 is 6.03 Å². The van der Waals surface area contributed by atoms with E-state index in [0.29, 0.717) is 30.0 Å². The number of hydrogen-bond donors (Lipinski definition) is 1. The van der Waals surface area contributed by atoms with E-state index in [1.165, 1.54) is 5.56 Å². The van der Waals surface area contributed by atoms with E-state index in [0.717, 1.165) is 44.5 Å². The van der Waals surface area contributed by atoms with Gasteiger partial charge in [-0.2, -0.15) is 5.10 Å². The fourth-order valence-corrected chi connectivity index (χ4v) is 4.89. The summed E-state index contributed by atoms with van der Waals surface area (Å²) in [5, 5.41) is 7.22. The van der Waals surface area contributed by atoms with Gasteiger partial charge < -0.3 is 15.1 Å². The molecule has 2 fully saturated rings. The van der Waals surface area contributed by atoms with Crippen LogP contribution in [-0.2, 0) is 20.1 Å². The number of nitrogens with zero attached hydrogens (tertiary/aromatic N) is 5. The molecule has 1 N–H and O–H groups in total. The number of fused-ring (bicyclic) bond motifs is 1. The van der Waals surface area contributed by atoms with Gasteiger partial charge in [-0.15, -0.1) is 0 Å². The van der Waals surface area contributed by atoms with Gasteiger partial charge in [0.1, 0.15) is 0 Å². The number of piperidine rings is 1. The van der Waals surface area contributed by atoms with E-state index < -0.39 is 0 Å². The third-order valence-corrected chi connectivity index (χ3v) is 6.87. The molecular formula is C21H26N6O2. The molecule has 1 unspecified atom stereocenters. The number of urea groups is 1. The molecule has 1 saturated heterocycles. The SMILES string of the molecule is Cn1cc(C(=O)N2CCC3(CC2)CC3CNC(=O)N2Cc3ccncc3C2)cn1. The third-order valence-electron chi connectivity index (χ3n) is 6.87. The highest BCUT2D eigenvalue weighted by atomic mass is 16.2. The molecule has 1 atom stereocenters. The number of carbonyl (C=O) groups is 2. The van der Waals surface area contributed by atoms with Gasteiger partial charge in [0.25, 0.3) is 5.91 Å². The van der Waals surface area contributed by atoms with E-state index in [2.05, 4.69) is 15.4 Å². The second-order valence-electron chi connectivity index (χ2n) is 8.64. The first-order chi connectivity index (χ1) is 14.0. The van der Waals surface area contributed by atoms with E-state index in [1.54, 1.807) is 23.3 Å². The van der Waals surface area contributed by atoms with Crippen LogP contribution in [0.15, 0.2) is 30.9 Å². The van der Waals surface area contributed by atoms with Crippen LogP contribution in [-0.4, -0.2) is 56.1 Å². The maximum absolute atomic E-state index is 12.6. The van der Waals surface area contributed by atoms with Crippen molar-refractivity contribution in [1.82, 2.24) is 29.9 Å². The number of pyridine rings is 1. The van der Waals surface area contributed by atoms with Crippen LogP contribution >= 0.6 is 0 Å². The Hall–Kier alpha value is -2.90. The highest BCUT2D eigenvalue weighted by molar-refractivity contribution is 5.93. The molecule has 3 amide bonds. The monoisotopic (exact) mass is 394 g/mol. The first-order valence-corrected chi connectivity index (χ1v) is 10.3. The number of nitrogens with one attached hydrogen (secondary N) is 1. The van der Waals surface area contributed by atoms with Crippen LogP contribution in [0.1, 0.15) is 40.7 Å². The summed E-state index contributed by atoms with van der Waals surface area (Å²) in [6.07, 6.45) is 10.2. The second-order valence-corrected chi connectivity index (χ2v) is 8.64. The van der Waals surface area contributed by atoms with Gasteiger partial charge in [0.15, 0.2) is 0 Å². The molecule has 3 aliphatic rings. The number of hydrogen-bond acceptors (Lipinski definition) is 4. The predicted molar refractivity (Wildman–Crippen MR) is 106 cm³/mol. The molecule has 1 aliphatic carbocycles. The van der Waals surface area contributed by atoms with Crippen molar-refractivity contribution in [3.05, 3.63) is 47.5 Å². The van der Waals surface area contributed by atoms with E-state index in [1.807, 2.05) is 29.1 Å². The van der Waals surface area contributed by atoms with E-state index in [4.69, 9.17) is 0 Å². The van der Waals surface area contributed by atoms with Gasteiger partial charge in [-0.1, -0.05) is 0 Å². The van der Waals surface area contributed by atoms with Crippen molar-refractivity contribution in [2.75, 3.05) is 19.6 Å². The van der Waals surface area contributed by atoms with Crippen LogP contribution in [0, 0.1) is 11.3 Å². The van der Waals surface area contributed by atoms with E-state index >= 15 is 0 Å². The fraction of sp³-hybridized carbons (Fsp3) is 0.524. The fourth-order valence-electron chi connectivity index (χ4n) is 4.89. The quantitative estimate of drug-likeness (QED) is 0.860. The number of amides is 3. The number of carbonyl (C=O) groups excluding carboxylic acids is 2. The van der Waals surface area contributed by atoms with Crippen molar-refractivity contribution < 1.29 is 9.59 Å². The smallest absolute Gasteiger partial charge is 0.318 e. The number of likely N-dealkylation sites (tertiary alicyclic amines) is 1. The maximum Gasteiger partial charge on any atom is 0.318 e. The van der Waals surface area contributed by atoms with Gasteiger partial charge in [-0.3, -0.25) is 14.5 Å². The van der Waals surface area contributed by atoms with Crippen LogP contribution in [0.3, 0.4) is 0 Å². The topological polar surface area (TPSA) is 83.4 Å². The number of aryl methyl sites for hydroxylation is 1. The van der Waals surface area contributed by atoms with Gasteiger partial charge in [-0.05, 0) is 47.8 Å². The summed E-state index contributed by atoms with van der Waals surface area (Å²) in [5.41, 5.74) is 3.28. The average Bonchev–Trinajstić information content (AvgIpc) is 3.08. The summed E-state index contributed by atoms with van der Waals surface area (Å²) in [4.78, 5) is 33.1.